The van der Waals surface area contributed by atoms with E-state index in [0.717, 1.165) is 49.8 Å². The molecule has 0 spiro atoms. The highest BCUT2D eigenvalue weighted by Crippen LogP contribution is 2.32. The van der Waals surface area contributed by atoms with Crippen LogP contribution in [0.4, 0.5) is 4.39 Å². The maximum Gasteiger partial charge on any atom is 0.231 e. The van der Waals surface area contributed by atoms with Crippen LogP contribution in [0.2, 0.25) is 0 Å². The normalized spacial score (nSPS) is 18.0. The lowest BCUT2D eigenvalue weighted by Crippen LogP contribution is -2.45. The summed E-state index contributed by atoms with van der Waals surface area (Å²) < 4.78 is 24.5. The van der Waals surface area contributed by atoms with Crippen LogP contribution in [0.3, 0.4) is 0 Å². The van der Waals surface area contributed by atoms with E-state index in [0.29, 0.717) is 13.3 Å². The number of halogens is 1. The molecule has 4 rings (SSSR count). The van der Waals surface area contributed by atoms with Crippen molar-refractivity contribution in [2.45, 2.75) is 13.1 Å². The van der Waals surface area contributed by atoms with E-state index < -0.39 is 0 Å². The first-order chi connectivity index (χ1) is 11.8. The number of hydrogen-bond donors (Lipinski definition) is 0. The summed E-state index contributed by atoms with van der Waals surface area (Å²) in [5.74, 6) is 1.56. The van der Waals surface area contributed by atoms with Gasteiger partial charge in [-0.05, 0) is 23.8 Å². The van der Waals surface area contributed by atoms with Crippen molar-refractivity contribution in [2.75, 3.05) is 33.0 Å². The Kier molecular flexibility index (Phi) is 4.36. The molecule has 0 saturated carbocycles. The van der Waals surface area contributed by atoms with Gasteiger partial charge in [-0.15, -0.1) is 0 Å². The number of fused-ring (bicyclic) bond motifs is 1. The standard InChI is InChI=1S/C19H21FN2O2/c20-17-4-2-1-3-16(17)13-22-9-7-21(8-10-22)12-15-5-6-18-19(11-15)24-14-23-18/h1-6,11H,7-10,12-14H2. The first-order valence-corrected chi connectivity index (χ1v) is 8.34. The highest BCUT2D eigenvalue weighted by molar-refractivity contribution is 5.44. The summed E-state index contributed by atoms with van der Waals surface area (Å²) in [7, 11) is 0. The Morgan fingerprint density at radius 1 is 0.833 bits per heavy atom. The van der Waals surface area contributed by atoms with Crippen LogP contribution in [0.5, 0.6) is 11.5 Å². The van der Waals surface area contributed by atoms with Crippen LogP contribution in [0.15, 0.2) is 42.5 Å². The van der Waals surface area contributed by atoms with Crippen molar-refractivity contribution in [2.24, 2.45) is 0 Å². The second kappa shape index (κ2) is 6.79. The van der Waals surface area contributed by atoms with Crippen LogP contribution >= 0.6 is 0 Å². The van der Waals surface area contributed by atoms with Gasteiger partial charge < -0.3 is 9.47 Å². The molecule has 2 aliphatic rings. The van der Waals surface area contributed by atoms with Crippen LogP contribution in [0.25, 0.3) is 0 Å². The molecule has 1 saturated heterocycles. The van der Waals surface area contributed by atoms with Crippen molar-refractivity contribution in [1.29, 1.82) is 0 Å². The summed E-state index contributed by atoms with van der Waals surface area (Å²) in [6.45, 7) is 5.80. The van der Waals surface area contributed by atoms with Gasteiger partial charge in [-0.25, -0.2) is 4.39 Å². The van der Waals surface area contributed by atoms with Gasteiger partial charge in [0, 0.05) is 44.8 Å². The maximum atomic E-state index is 13.8. The van der Waals surface area contributed by atoms with Gasteiger partial charge in [-0.1, -0.05) is 24.3 Å². The minimum atomic E-state index is -0.111. The fourth-order valence-electron chi connectivity index (χ4n) is 3.27. The Morgan fingerprint density at radius 2 is 1.54 bits per heavy atom. The lowest BCUT2D eigenvalue weighted by atomic mass is 10.1. The zero-order valence-electron chi connectivity index (χ0n) is 13.6. The van der Waals surface area contributed by atoms with Crippen molar-refractivity contribution >= 4 is 0 Å². The molecule has 0 aromatic heterocycles. The minimum absolute atomic E-state index is 0.111. The monoisotopic (exact) mass is 328 g/mol. The van der Waals surface area contributed by atoms with Gasteiger partial charge in [0.15, 0.2) is 11.5 Å². The Balaban J connectivity index is 1.31. The number of nitrogens with zero attached hydrogens (tertiary/aromatic N) is 2. The topological polar surface area (TPSA) is 24.9 Å². The van der Waals surface area contributed by atoms with E-state index in [4.69, 9.17) is 9.47 Å². The third-order valence-corrected chi connectivity index (χ3v) is 4.66. The summed E-state index contributed by atoms with van der Waals surface area (Å²) in [5, 5.41) is 0. The van der Waals surface area contributed by atoms with Crippen molar-refractivity contribution in [3.05, 3.63) is 59.4 Å². The van der Waals surface area contributed by atoms with Crippen molar-refractivity contribution in [1.82, 2.24) is 9.80 Å². The Morgan fingerprint density at radius 3 is 2.33 bits per heavy atom. The molecule has 1 fully saturated rings. The van der Waals surface area contributed by atoms with Crippen LogP contribution < -0.4 is 9.47 Å². The molecule has 2 aromatic rings. The number of hydrogen-bond acceptors (Lipinski definition) is 4. The molecule has 0 aliphatic carbocycles. The van der Waals surface area contributed by atoms with Gasteiger partial charge in [0.1, 0.15) is 5.82 Å². The van der Waals surface area contributed by atoms with Gasteiger partial charge in [0.05, 0.1) is 0 Å². The molecular formula is C19H21FN2O2. The molecule has 2 heterocycles. The lowest BCUT2D eigenvalue weighted by Gasteiger charge is -2.34. The molecule has 24 heavy (non-hydrogen) atoms. The van der Waals surface area contributed by atoms with Crippen LogP contribution in [0.1, 0.15) is 11.1 Å². The Labute approximate surface area is 141 Å². The molecule has 0 N–H and O–H groups in total. The second-order valence-electron chi connectivity index (χ2n) is 6.33. The number of piperazine rings is 1. The molecule has 0 unspecified atom stereocenters. The van der Waals surface area contributed by atoms with Crippen LogP contribution in [0, 0.1) is 5.82 Å². The maximum absolute atomic E-state index is 13.8. The third kappa shape index (κ3) is 3.37. The van der Waals surface area contributed by atoms with E-state index in [1.165, 1.54) is 11.6 Å². The highest BCUT2D eigenvalue weighted by atomic mass is 19.1. The second-order valence-corrected chi connectivity index (χ2v) is 6.33. The van der Waals surface area contributed by atoms with Crippen LogP contribution in [-0.4, -0.2) is 42.8 Å². The summed E-state index contributed by atoms with van der Waals surface area (Å²) in [6.07, 6.45) is 0. The molecule has 2 aromatic carbocycles. The number of ether oxygens (including phenoxy) is 2. The smallest absolute Gasteiger partial charge is 0.231 e. The van der Waals surface area contributed by atoms with Crippen molar-refractivity contribution in [3.8, 4) is 11.5 Å². The van der Waals surface area contributed by atoms with Gasteiger partial charge in [0.2, 0.25) is 6.79 Å². The Bertz CT molecular complexity index is 714. The summed E-state index contributed by atoms with van der Waals surface area (Å²) >= 11 is 0. The molecular weight excluding hydrogens is 307 g/mol. The van der Waals surface area contributed by atoms with Crippen LogP contribution in [-0.2, 0) is 13.1 Å². The summed E-state index contributed by atoms with van der Waals surface area (Å²) in [6, 6.07) is 13.2. The van der Waals surface area contributed by atoms with E-state index in [1.54, 1.807) is 6.07 Å². The fourth-order valence-corrected chi connectivity index (χ4v) is 3.27. The van der Waals surface area contributed by atoms with Crippen molar-refractivity contribution in [3.63, 3.8) is 0 Å². The molecule has 126 valence electrons. The summed E-state index contributed by atoms with van der Waals surface area (Å²) in [5.41, 5.74) is 2.02. The first-order valence-electron chi connectivity index (χ1n) is 8.34. The zero-order valence-corrected chi connectivity index (χ0v) is 13.6. The fraction of sp³-hybridized carbons (Fsp3) is 0.368. The predicted octanol–water partition coefficient (Wildman–Crippen LogP) is 2.87. The van der Waals surface area contributed by atoms with Gasteiger partial charge in [-0.3, -0.25) is 9.80 Å². The molecule has 4 nitrogen and oxygen atoms in total. The lowest BCUT2D eigenvalue weighted by molar-refractivity contribution is 0.121. The van der Waals surface area contributed by atoms with Gasteiger partial charge in [-0.2, -0.15) is 0 Å². The minimum Gasteiger partial charge on any atom is -0.454 e. The molecule has 2 aliphatic heterocycles. The summed E-state index contributed by atoms with van der Waals surface area (Å²) in [4.78, 5) is 4.74. The van der Waals surface area contributed by atoms with E-state index >= 15 is 0 Å². The van der Waals surface area contributed by atoms with E-state index in [-0.39, 0.29) is 5.82 Å². The van der Waals surface area contributed by atoms with Gasteiger partial charge in [0.25, 0.3) is 0 Å². The predicted molar refractivity (Wildman–Crippen MR) is 89.5 cm³/mol. The van der Waals surface area contributed by atoms with E-state index in [1.807, 2.05) is 18.2 Å². The first kappa shape index (κ1) is 15.4. The van der Waals surface area contributed by atoms with E-state index in [9.17, 15) is 4.39 Å². The Hall–Kier alpha value is -2.11. The molecule has 5 heteroatoms. The number of rotatable bonds is 4. The highest BCUT2D eigenvalue weighted by Gasteiger charge is 2.19. The molecule has 0 radical (unpaired) electrons. The largest absolute Gasteiger partial charge is 0.454 e. The number of benzene rings is 2. The molecule has 0 bridgehead atoms. The third-order valence-electron chi connectivity index (χ3n) is 4.66. The zero-order chi connectivity index (χ0) is 16.4. The molecule has 0 amide bonds. The van der Waals surface area contributed by atoms with Gasteiger partial charge >= 0.3 is 0 Å². The average Bonchev–Trinajstić information content (AvgIpc) is 3.06. The SMILES string of the molecule is Fc1ccccc1CN1CCN(Cc2ccc3c(c2)OCO3)CC1. The average molecular weight is 328 g/mol. The van der Waals surface area contributed by atoms with Crippen molar-refractivity contribution < 1.29 is 13.9 Å². The molecule has 0 atom stereocenters. The van der Waals surface area contributed by atoms with E-state index in [2.05, 4.69) is 21.9 Å². The quantitative estimate of drug-likeness (QED) is 0.862.